The molecule has 1 aliphatic rings. The molecule has 3 amide bonds. The van der Waals surface area contributed by atoms with E-state index in [4.69, 9.17) is 5.73 Å². The molecule has 0 spiro atoms. The SMILES string of the molecule is CC(CSC1CC(=O)NC1=O)C(N)=O. The first-order valence-electron chi connectivity index (χ1n) is 4.25. The summed E-state index contributed by atoms with van der Waals surface area (Å²) in [5.41, 5.74) is 5.06. The number of imide groups is 1. The Balaban J connectivity index is 2.35. The van der Waals surface area contributed by atoms with Crippen LogP contribution >= 0.6 is 11.8 Å². The minimum atomic E-state index is -0.387. The van der Waals surface area contributed by atoms with Crippen LogP contribution in [0.15, 0.2) is 0 Å². The molecule has 0 aliphatic carbocycles. The maximum Gasteiger partial charge on any atom is 0.240 e. The van der Waals surface area contributed by atoms with Crippen LogP contribution in [0.25, 0.3) is 0 Å². The molecular weight excluding hydrogens is 204 g/mol. The molecule has 2 atom stereocenters. The van der Waals surface area contributed by atoms with E-state index in [1.807, 2.05) is 0 Å². The molecule has 0 radical (unpaired) electrons. The van der Waals surface area contributed by atoms with E-state index in [1.165, 1.54) is 11.8 Å². The highest BCUT2D eigenvalue weighted by Gasteiger charge is 2.31. The number of carbonyl (C=O) groups excluding carboxylic acids is 3. The summed E-state index contributed by atoms with van der Waals surface area (Å²) in [5.74, 6) is -0.706. The summed E-state index contributed by atoms with van der Waals surface area (Å²) in [5, 5.41) is 1.85. The van der Waals surface area contributed by atoms with Crippen LogP contribution in [0.4, 0.5) is 0 Å². The third-order valence-corrected chi connectivity index (χ3v) is 3.43. The zero-order chi connectivity index (χ0) is 10.7. The van der Waals surface area contributed by atoms with Crippen molar-refractivity contribution in [1.29, 1.82) is 0 Å². The van der Waals surface area contributed by atoms with E-state index in [0.29, 0.717) is 5.75 Å². The highest BCUT2D eigenvalue weighted by Crippen LogP contribution is 2.21. The van der Waals surface area contributed by atoms with E-state index >= 15 is 0 Å². The zero-order valence-corrected chi connectivity index (χ0v) is 8.60. The molecule has 1 heterocycles. The van der Waals surface area contributed by atoms with Crippen molar-refractivity contribution in [2.75, 3.05) is 5.75 Å². The Hall–Kier alpha value is -1.04. The lowest BCUT2D eigenvalue weighted by atomic mass is 10.2. The van der Waals surface area contributed by atoms with Gasteiger partial charge in [0.25, 0.3) is 0 Å². The minimum absolute atomic E-state index is 0.203. The van der Waals surface area contributed by atoms with Crippen molar-refractivity contribution >= 4 is 29.5 Å². The van der Waals surface area contributed by atoms with Crippen LogP contribution in [0.2, 0.25) is 0 Å². The molecular formula is C8H12N2O3S. The minimum Gasteiger partial charge on any atom is -0.369 e. The fraction of sp³-hybridized carbons (Fsp3) is 0.625. The van der Waals surface area contributed by atoms with Gasteiger partial charge in [-0.25, -0.2) is 0 Å². The first kappa shape index (κ1) is 11.0. The molecule has 0 saturated carbocycles. The molecule has 1 fully saturated rings. The van der Waals surface area contributed by atoms with E-state index < -0.39 is 0 Å². The van der Waals surface area contributed by atoms with Gasteiger partial charge in [-0.2, -0.15) is 0 Å². The summed E-state index contributed by atoms with van der Waals surface area (Å²) in [6, 6.07) is 0. The van der Waals surface area contributed by atoms with Crippen LogP contribution in [0, 0.1) is 5.92 Å². The summed E-state index contributed by atoms with van der Waals surface area (Å²) in [6.07, 6.45) is 0.203. The van der Waals surface area contributed by atoms with Crippen LogP contribution in [0.3, 0.4) is 0 Å². The number of hydrogen-bond acceptors (Lipinski definition) is 4. The van der Waals surface area contributed by atoms with Crippen LogP contribution in [0.1, 0.15) is 13.3 Å². The van der Waals surface area contributed by atoms with Crippen molar-refractivity contribution in [3.05, 3.63) is 0 Å². The summed E-state index contributed by atoms with van der Waals surface area (Å²) in [6.45, 7) is 1.70. The number of nitrogens with one attached hydrogen (secondary N) is 1. The average molecular weight is 216 g/mol. The number of nitrogens with two attached hydrogens (primary N) is 1. The molecule has 1 rings (SSSR count). The molecule has 2 unspecified atom stereocenters. The maximum atomic E-state index is 11.1. The van der Waals surface area contributed by atoms with Gasteiger partial charge in [-0.3, -0.25) is 19.7 Å². The Morgan fingerprint density at radius 3 is 2.79 bits per heavy atom. The van der Waals surface area contributed by atoms with Crippen molar-refractivity contribution in [2.24, 2.45) is 11.7 Å². The summed E-state index contributed by atoms with van der Waals surface area (Å²) >= 11 is 1.30. The molecule has 3 N–H and O–H groups in total. The summed E-state index contributed by atoms with van der Waals surface area (Å²) in [4.78, 5) is 32.6. The van der Waals surface area contributed by atoms with Gasteiger partial charge in [-0.1, -0.05) is 6.92 Å². The summed E-state index contributed by atoms with van der Waals surface area (Å²) < 4.78 is 0. The van der Waals surface area contributed by atoms with Crippen molar-refractivity contribution < 1.29 is 14.4 Å². The van der Waals surface area contributed by atoms with Crippen molar-refractivity contribution in [3.63, 3.8) is 0 Å². The number of primary amides is 1. The van der Waals surface area contributed by atoms with E-state index in [2.05, 4.69) is 5.32 Å². The molecule has 6 heteroatoms. The Bertz CT molecular complexity index is 280. The zero-order valence-electron chi connectivity index (χ0n) is 7.78. The smallest absolute Gasteiger partial charge is 0.240 e. The number of thioether (sulfide) groups is 1. The molecule has 0 bridgehead atoms. The average Bonchev–Trinajstić information content (AvgIpc) is 2.40. The quantitative estimate of drug-likeness (QED) is 0.605. The first-order valence-corrected chi connectivity index (χ1v) is 5.30. The van der Waals surface area contributed by atoms with Crippen LogP contribution in [-0.4, -0.2) is 28.7 Å². The largest absolute Gasteiger partial charge is 0.369 e. The molecule has 14 heavy (non-hydrogen) atoms. The molecule has 0 aromatic rings. The number of carbonyl (C=O) groups is 3. The normalized spacial score (nSPS) is 23.4. The van der Waals surface area contributed by atoms with Gasteiger partial charge in [-0.05, 0) is 0 Å². The lowest BCUT2D eigenvalue weighted by Crippen LogP contribution is -2.26. The molecule has 78 valence electrons. The Labute approximate surface area is 85.8 Å². The van der Waals surface area contributed by atoms with Crippen molar-refractivity contribution in [1.82, 2.24) is 5.32 Å². The molecule has 1 saturated heterocycles. The van der Waals surface area contributed by atoms with Gasteiger partial charge in [0.2, 0.25) is 17.7 Å². The third-order valence-electron chi connectivity index (χ3n) is 1.96. The lowest BCUT2D eigenvalue weighted by molar-refractivity contribution is -0.125. The van der Waals surface area contributed by atoms with Gasteiger partial charge < -0.3 is 5.73 Å². The van der Waals surface area contributed by atoms with E-state index in [-0.39, 0.29) is 35.3 Å². The first-order chi connectivity index (χ1) is 6.50. The van der Waals surface area contributed by atoms with Crippen LogP contribution < -0.4 is 11.1 Å². The fourth-order valence-corrected chi connectivity index (χ4v) is 2.17. The van der Waals surface area contributed by atoms with E-state index in [9.17, 15) is 14.4 Å². The molecule has 1 aliphatic heterocycles. The van der Waals surface area contributed by atoms with Gasteiger partial charge in [0, 0.05) is 18.1 Å². The van der Waals surface area contributed by atoms with Crippen molar-refractivity contribution in [2.45, 2.75) is 18.6 Å². The highest BCUT2D eigenvalue weighted by molar-refractivity contribution is 8.00. The molecule has 5 nitrogen and oxygen atoms in total. The predicted octanol–water partition coefficient (Wildman–Crippen LogP) is -0.744. The molecule has 0 aromatic heterocycles. The lowest BCUT2D eigenvalue weighted by Gasteiger charge is -2.08. The standard InChI is InChI=1S/C8H12N2O3S/c1-4(7(9)12)3-14-5-2-6(11)10-8(5)13/h4-5H,2-3H2,1H3,(H2,9,12)(H,10,11,13). The second-order valence-electron chi connectivity index (χ2n) is 3.24. The van der Waals surface area contributed by atoms with Gasteiger partial charge in [-0.15, -0.1) is 11.8 Å². The number of amides is 3. The summed E-state index contributed by atoms with van der Waals surface area (Å²) in [7, 11) is 0. The topological polar surface area (TPSA) is 89.3 Å². The second-order valence-corrected chi connectivity index (χ2v) is 4.48. The van der Waals surface area contributed by atoms with Gasteiger partial charge in [0.1, 0.15) is 0 Å². The Kier molecular flexibility index (Phi) is 3.51. The molecule has 0 aromatic carbocycles. The Morgan fingerprint density at radius 1 is 1.71 bits per heavy atom. The fourth-order valence-electron chi connectivity index (χ4n) is 1.01. The second kappa shape index (κ2) is 4.45. The van der Waals surface area contributed by atoms with Crippen molar-refractivity contribution in [3.8, 4) is 0 Å². The maximum absolute atomic E-state index is 11.1. The number of rotatable bonds is 4. The predicted molar refractivity (Wildman–Crippen MR) is 52.4 cm³/mol. The monoisotopic (exact) mass is 216 g/mol. The van der Waals surface area contributed by atoms with Crippen LogP contribution in [-0.2, 0) is 14.4 Å². The highest BCUT2D eigenvalue weighted by atomic mass is 32.2. The van der Waals surface area contributed by atoms with Gasteiger partial charge in [0.15, 0.2) is 0 Å². The van der Waals surface area contributed by atoms with Gasteiger partial charge in [0.05, 0.1) is 5.25 Å². The van der Waals surface area contributed by atoms with E-state index in [0.717, 1.165) is 0 Å². The van der Waals surface area contributed by atoms with Crippen LogP contribution in [0.5, 0.6) is 0 Å². The van der Waals surface area contributed by atoms with E-state index in [1.54, 1.807) is 6.92 Å². The third kappa shape index (κ3) is 2.73. The number of hydrogen-bond donors (Lipinski definition) is 2. The Morgan fingerprint density at radius 2 is 2.36 bits per heavy atom. The van der Waals surface area contributed by atoms with Gasteiger partial charge >= 0.3 is 0 Å².